The topological polar surface area (TPSA) is 15.3 Å². The molecule has 0 aliphatic heterocycles. The lowest BCUT2D eigenvalue weighted by molar-refractivity contribution is 0.222. The van der Waals surface area contributed by atoms with E-state index in [0.717, 1.165) is 25.0 Å². The molecule has 0 saturated heterocycles. The Morgan fingerprint density at radius 2 is 2.08 bits per heavy atom. The lowest BCUT2D eigenvalue weighted by Crippen LogP contribution is -2.40. The number of hydrogen-bond donors (Lipinski definition) is 1. The maximum atomic E-state index is 3.43. The highest BCUT2D eigenvalue weighted by Gasteiger charge is 2.25. The highest BCUT2D eigenvalue weighted by molar-refractivity contribution is 4.79. The molecule has 1 aliphatic carbocycles. The minimum absolute atomic E-state index is 0.737. The van der Waals surface area contributed by atoms with E-state index in [2.05, 4.69) is 31.1 Å². The zero-order chi connectivity index (χ0) is 9.68. The van der Waals surface area contributed by atoms with E-state index in [1.165, 1.54) is 25.8 Å². The van der Waals surface area contributed by atoms with Gasteiger partial charge in [0.25, 0.3) is 0 Å². The number of likely N-dealkylation sites (N-methyl/N-ethyl adjacent to an activating group) is 2. The van der Waals surface area contributed by atoms with Gasteiger partial charge in [-0.2, -0.15) is 0 Å². The second-order valence-electron chi connectivity index (χ2n) is 4.25. The van der Waals surface area contributed by atoms with Crippen LogP contribution in [0.15, 0.2) is 0 Å². The number of rotatable bonds is 7. The van der Waals surface area contributed by atoms with Gasteiger partial charge in [0.05, 0.1) is 0 Å². The van der Waals surface area contributed by atoms with Crippen LogP contribution in [-0.4, -0.2) is 37.6 Å². The summed E-state index contributed by atoms with van der Waals surface area (Å²) in [6.45, 7) is 8.01. The van der Waals surface area contributed by atoms with Gasteiger partial charge in [0, 0.05) is 19.1 Å². The van der Waals surface area contributed by atoms with Crippen molar-refractivity contribution in [2.24, 2.45) is 5.92 Å². The lowest BCUT2D eigenvalue weighted by atomic mass is 10.2. The van der Waals surface area contributed by atoms with Gasteiger partial charge in [-0.05, 0) is 38.8 Å². The fourth-order valence-electron chi connectivity index (χ4n) is 1.78. The minimum atomic E-state index is 0.737. The summed E-state index contributed by atoms with van der Waals surface area (Å²) >= 11 is 0. The standard InChI is InChI=1S/C11H24N2/c1-4-11(8-12-5-2)13(3)9-10-6-7-10/h10-12H,4-9H2,1-3H3. The summed E-state index contributed by atoms with van der Waals surface area (Å²) < 4.78 is 0. The van der Waals surface area contributed by atoms with E-state index in [-0.39, 0.29) is 0 Å². The monoisotopic (exact) mass is 184 g/mol. The molecule has 0 aromatic heterocycles. The van der Waals surface area contributed by atoms with Crippen molar-refractivity contribution in [3.8, 4) is 0 Å². The van der Waals surface area contributed by atoms with Gasteiger partial charge in [0.2, 0.25) is 0 Å². The molecular formula is C11H24N2. The molecule has 1 N–H and O–H groups in total. The highest BCUT2D eigenvalue weighted by Crippen LogP contribution is 2.29. The number of hydrogen-bond acceptors (Lipinski definition) is 2. The van der Waals surface area contributed by atoms with E-state index < -0.39 is 0 Å². The zero-order valence-corrected chi connectivity index (χ0v) is 9.34. The van der Waals surface area contributed by atoms with Crippen molar-refractivity contribution in [2.45, 2.75) is 39.2 Å². The van der Waals surface area contributed by atoms with Crippen LogP contribution in [0.2, 0.25) is 0 Å². The van der Waals surface area contributed by atoms with E-state index in [9.17, 15) is 0 Å². The first-order chi connectivity index (χ1) is 6.27. The van der Waals surface area contributed by atoms with Crippen molar-refractivity contribution in [1.29, 1.82) is 0 Å². The van der Waals surface area contributed by atoms with Crippen LogP contribution >= 0.6 is 0 Å². The van der Waals surface area contributed by atoms with Crippen LogP contribution in [0.4, 0.5) is 0 Å². The van der Waals surface area contributed by atoms with Crippen LogP contribution in [0, 0.1) is 5.92 Å². The molecule has 0 spiro atoms. The van der Waals surface area contributed by atoms with Gasteiger partial charge in [0.1, 0.15) is 0 Å². The van der Waals surface area contributed by atoms with Gasteiger partial charge in [-0.25, -0.2) is 0 Å². The second kappa shape index (κ2) is 5.61. The van der Waals surface area contributed by atoms with Crippen molar-refractivity contribution in [3.05, 3.63) is 0 Å². The molecule has 1 atom stereocenters. The van der Waals surface area contributed by atoms with Crippen molar-refractivity contribution in [2.75, 3.05) is 26.7 Å². The Bertz CT molecular complexity index is 132. The third kappa shape index (κ3) is 4.10. The maximum absolute atomic E-state index is 3.43. The first-order valence-corrected chi connectivity index (χ1v) is 5.68. The van der Waals surface area contributed by atoms with E-state index in [0.29, 0.717) is 0 Å². The fourth-order valence-corrected chi connectivity index (χ4v) is 1.78. The maximum Gasteiger partial charge on any atom is 0.0215 e. The lowest BCUT2D eigenvalue weighted by Gasteiger charge is -2.27. The van der Waals surface area contributed by atoms with Gasteiger partial charge in [-0.15, -0.1) is 0 Å². The van der Waals surface area contributed by atoms with Gasteiger partial charge >= 0.3 is 0 Å². The number of nitrogens with zero attached hydrogens (tertiary/aromatic N) is 1. The third-order valence-corrected chi connectivity index (χ3v) is 2.97. The van der Waals surface area contributed by atoms with E-state index in [1.54, 1.807) is 0 Å². The predicted molar refractivity (Wildman–Crippen MR) is 58.0 cm³/mol. The van der Waals surface area contributed by atoms with E-state index in [1.807, 2.05) is 0 Å². The first kappa shape index (κ1) is 11.0. The minimum Gasteiger partial charge on any atom is -0.315 e. The molecule has 0 heterocycles. The van der Waals surface area contributed by atoms with E-state index in [4.69, 9.17) is 0 Å². The molecule has 13 heavy (non-hydrogen) atoms. The smallest absolute Gasteiger partial charge is 0.0215 e. The Hall–Kier alpha value is -0.0800. The highest BCUT2D eigenvalue weighted by atomic mass is 15.1. The average molecular weight is 184 g/mol. The molecule has 0 aromatic carbocycles. The van der Waals surface area contributed by atoms with Crippen LogP contribution in [-0.2, 0) is 0 Å². The van der Waals surface area contributed by atoms with E-state index >= 15 is 0 Å². The molecular weight excluding hydrogens is 160 g/mol. The molecule has 0 aromatic rings. The van der Waals surface area contributed by atoms with Gasteiger partial charge in [-0.1, -0.05) is 13.8 Å². The first-order valence-electron chi connectivity index (χ1n) is 5.68. The SMILES string of the molecule is CCNCC(CC)N(C)CC1CC1. The van der Waals surface area contributed by atoms with Crippen molar-refractivity contribution >= 4 is 0 Å². The Labute approximate surface area is 82.7 Å². The zero-order valence-electron chi connectivity index (χ0n) is 9.34. The number of nitrogens with one attached hydrogen (secondary N) is 1. The molecule has 2 heteroatoms. The normalized spacial score (nSPS) is 19.4. The molecule has 1 unspecified atom stereocenters. The molecule has 78 valence electrons. The van der Waals surface area contributed by atoms with Gasteiger partial charge < -0.3 is 10.2 Å². The second-order valence-corrected chi connectivity index (χ2v) is 4.25. The van der Waals surface area contributed by atoms with Crippen molar-refractivity contribution in [1.82, 2.24) is 10.2 Å². The van der Waals surface area contributed by atoms with Gasteiger partial charge in [-0.3, -0.25) is 0 Å². The average Bonchev–Trinajstić information content (AvgIpc) is 2.90. The van der Waals surface area contributed by atoms with Gasteiger partial charge in [0.15, 0.2) is 0 Å². The Morgan fingerprint density at radius 1 is 1.38 bits per heavy atom. The molecule has 1 rings (SSSR count). The molecule has 0 radical (unpaired) electrons. The molecule has 1 aliphatic rings. The van der Waals surface area contributed by atoms with Crippen LogP contribution in [0.5, 0.6) is 0 Å². The Morgan fingerprint density at radius 3 is 2.54 bits per heavy atom. The Balaban J connectivity index is 2.17. The summed E-state index contributed by atoms with van der Waals surface area (Å²) in [6.07, 6.45) is 4.18. The molecule has 0 bridgehead atoms. The largest absolute Gasteiger partial charge is 0.315 e. The molecule has 2 nitrogen and oxygen atoms in total. The molecule has 1 fully saturated rings. The summed E-state index contributed by atoms with van der Waals surface area (Å²) in [7, 11) is 2.27. The summed E-state index contributed by atoms with van der Waals surface area (Å²) in [5.41, 5.74) is 0. The van der Waals surface area contributed by atoms with Crippen molar-refractivity contribution in [3.63, 3.8) is 0 Å². The summed E-state index contributed by atoms with van der Waals surface area (Å²) in [5, 5.41) is 3.43. The van der Waals surface area contributed by atoms with Crippen LogP contribution in [0.1, 0.15) is 33.1 Å². The molecule has 0 amide bonds. The van der Waals surface area contributed by atoms with Crippen LogP contribution in [0.25, 0.3) is 0 Å². The summed E-state index contributed by atoms with van der Waals surface area (Å²) in [4.78, 5) is 2.53. The quantitative estimate of drug-likeness (QED) is 0.648. The van der Waals surface area contributed by atoms with Crippen LogP contribution in [0.3, 0.4) is 0 Å². The summed E-state index contributed by atoms with van der Waals surface area (Å²) in [6, 6.07) is 0.737. The van der Waals surface area contributed by atoms with Crippen molar-refractivity contribution < 1.29 is 0 Å². The predicted octanol–water partition coefficient (Wildman–Crippen LogP) is 1.72. The van der Waals surface area contributed by atoms with Crippen LogP contribution < -0.4 is 5.32 Å². The molecule has 1 saturated carbocycles. The fraction of sp³-hybridized carbons (Fsp3) is 1.00. The third-order valence-electron chi connectivity index (χ3n) is 2.97. The summed E-state index contributed by atoms with van der Waals surface area (Å²) in [5.74, 6) is 1.01. The Kier molecular flexibility index (Phi) is 4.74.